The first-order chi connectivity index (χ1) is 6.90. The Labute approximate surface area is 88.1 Å². The molecule has 0 amide bonds. The summed E-state index contributed by atoms with van der Waals surface area (Å²) >= 11 is 1.70. The summed E-state index contributed by atoms with van der Waals surface area (Å²) in [7, 11) is 0. The standard InChI is InChI=1S/C9H16N4S/c10-6-8-7-14-9(12-8)13-4-1-2-11-3-5-13/h7,11H,1-6,10H2. The van der Waals surface area contributed by atoms with Crippen LogP contribution < -0.4 is 16.0 Å². The minimum Gasteiger partial charge on any atom is -0.347 e. The smallest absolute Gasteiger partial charge is 0.185 e. The lowest BCUT2D eigenvalue weighted by Crippen LogP contribution is -2.27. The topological polar surface area (TPSA) is 54.2 Å². The molecule has 0 atom stereocenters. The van der Waals surface area contributed by atoms with Crippen molar-refractivity contribution in [3.05, 3.63) is 11.1 Å². The molecule has 4 nitrogen and oxygen atoms in total. The Morgan fingerprint density at radius 1 is 1.50 bits per heavy atom. The first kappa shape index (κ1) is 9.89. The second-order valence-electron chi connectivity index (χ2n) is 3.42. The van der Waals surface area contributed by atoms with Crippen LogP contribution in [0.5, 0.6) is 0 Å². The summed E-state index contributed by atoms with van der Waals surface area (Å²) in [5.41, 5.74) is 6.54. The van der Waals surface area contributed by atoms with E-state index in [9.17, 15) is 0 Å². The van der Waals surface area contributed by atoms with Crippen LogP contribution in [0.1, 0.15) is 12.1 Å². The number of aromatic nitrogens is 1. The van der Waals surface area contributed by atoms with E-state index in [-0.39, 0.29) is 0 Å². The Kier molecular flexibility index (Phi) is 3.34. The lowest BCUT2D eigenvalue weighted by molar-refractivity contribution is 0.724. The van der Waals surface area contributed by atoms with Crippen LogP contribution in [0.2, 0.25) is 0 Å². The summed E-state index contributed by atoms with van der Waals surface area (Å²) in [6.07, 6.45) is 1.19. The molecule has 0 saturated carbocycles. The van der Waals surface area contributed by atoms with E-state index >= 15 is 0 Å². The second-order valence-corrected chi connectivity index (χ2v) is 4.25. The maximum absolute atomic E-state index is 5.54. The van der Waals surface area contributed by atoms with Crippen molar-refractivity contribution in [1.29, 1.82) is 0 Å². The van der Waals surface area contributed by atoms with Crippen molar-refractivity contribution >= 4 is 16.5 Å². The fourth-order valence-corrected chi connectivity index (χ4v) is 2.46. The number of nitrogens with zero attached hydrogens (tertiary/aromatic N) is 2. The maximum atomic E-state index is 5.54. The maximum Gasteiger partial charge on any atom is 0.185 e. The minimum absolute atomic E-state index is 0.544. The zero-order valence-corrected chi connectivity index (χ0v) is 9.02. The molecular formula is C9H16N4S. The molecule has 2 heterocycles. The SMILES string of the molecule is NCc1csc(N2CCCNCC2)n1. The van der Waals surface area contributed by atoms with Gasteiger partial charge in [0, 0.05) is 31.6 Å². The van der Waals surface area contributed by atoms with Gasteiger partial charge in [0.2, 0.25) is 0 Å². The number of anilines is 1. The summed E-state index contributed by atoms with van der Waals surface area (Å²) in [4.78, 5) is 6.82. The van der Waals surface area contributed by atoms with Crippen molar-refractivity contribution in [2.45, 2.75) is 13.0 Å². The predicted molar refractivity (Wildman–Crippen MR) is 59.7 cm³/mol. The van der Waals surface area contributed by atoms with E-state index in [0.29, 0.717) is 6.54 Å². The lowest BCUT2D eigenvalue weighted by Gasteiger charge is -2.18. The molecule has 14 heavy (non-hydrogen) atoms. The highest BCUT2D eigenvalue weighted by molar-refractivity contribution is 7.13. The number of rotatable bonds is 2. The molecule has 1 aliphatic heterocycles. The van der Waals surface area contributed by atoms with Crippen LogP contribution >= 0.6 is 11.3 Å². The number of thiazole rings is 1. The monoisotopic (exact) mass is 212 g/mol. The van der Waals surface area contributed by atoms with Gasteiger partial charge in [-0.15, -0.1) is 11.3 Å². The largest absolute Gasteiger partial charge is 0.347 e. The highest BCUT2D eigenvalue weighted by Gasteiger charge is 2.12. The molecule has 1 saturated heterocycles. The van der Waals surface area contributed by atoms with Crippen LogP contribution in [-0.4, -0.2) is 31.2 Å². The van der Waals surface area contributed by atoms with Crippen molar-refractivity contribution in [3.63, 3.8) is 0 Å². The molecule has 5 heteroatoms. The molecule has 3 N–H and O–H groups in total. The average molecular weight is 212 g/mol. The molecule has 2 rings (SSSR count). The molecule has 0 aliphatic carbocycles. The van der Waals surface area contributed by atoms with Crippen LogP contribution in [0.4, 0.5) is 5.13 Å². The van der Waals surface area contributed by atoms with Gasteiger partial charge >= 0.3 is 0 Å². The van der Waals surface area contributed by atoms with E-state index in [4.69, 9.17) is 5.73 Å². The molecule has 0 bridgehead atoms. The van der Waals surface area contributed by atoms with Gasteiger partial charge in [-0.3, -0.25) is 0 Å². The third kappa shape index (κ3) is 2.23. The van der Waals surface area contributed by atoms with E-state index in [2.05, 4.69) is 15.2 Å². The molecule has 0 unspecified atom stereocenters. The Bertz CT molecular complexity index is 278. The highest BCUT2D eigenvalue weighted by Crippen LogP contribution is 2.20. The van der Waals surface area contributed by atoms with Gasteiger partial charge in [0.05, 0.1) is 5.69 Å². The molecule has 1 fully saturated rings. The van der Waals surface area contributed by atoms with Crippen LogP contribution in [0.3, 0.4) is 0 Å². The molecule has 0 aromatic carbocycles. The fourth-order valence-electron chi connectivity index (χ4n) is 1.57. The first-order valence-corrected chi connectivity index (χ1v) is 5.88. The van der Waals surface area contributed by atoms with Gasteiger partial charge in [-0.1, -0.05) is 0 Å². The molecule has 0 radical (unpaired) electrons. The molecule has 1 aliphatic rings. The zero-order valence-electron chi connectivity index (χ0n) is 8.20. The van der Waals surface area contributed by atoms with Gasteiger partial charge in [-0.05, 0) is 13.0 Å². The highest BCUT2D eigenvalue weighted by atomic mass is 32.1. The van der Waals surface area contributed by atoms with Gasteiger partial charge in [0.1, 0.15) is 0 Å². The fraction of sp³-hybridized carbons (Fsp3) is 0.667. The Balaban J connectivity index is 2.04. The van der Waals surface area contributed by atoms with Gasteiger partial charge in [0.15, 0.2) is 5.13 Å². The van der Waals surface area contributed by atoms with Crippen molar-refractivity contribution in [3.8, 4) is 0 Å². The summed E-state index contributed by atoms with van der Waals surface area (Å²) in [5, 5.41) is 6.55. The van der Waals surface area contributed by atoms with E-state index in [0.717, 1.165) is 37.0 Å². The first-order valence-electron chi connectivity index (χ1n) is 5.00. The van der Waals surface area contributed by atoms with Crippen LogP contribution in [0, 0.1) is 0 Å². The van der Waals surface area contributed by atoms with Crippen molar-refractivity contribution in [2.75, 3.05) is 31.1 Å². The van der Waals surface area contributed by atoms with E-state index in [1.54, 1.807) is 11.3 Å². The van der Waals surface area contributed by atoms with Crippen LogP contribution in [-0.2, 0) is 6.54 Å². The number of hydrogen-bond acceptors (Lipinski definition) is 5. The Morgan fingerprint density at radius 3 is 3.21 bits per heavy atom. The average Bonchev–Trinajstić information content (AvgIpc) is 2.53. The Morgan fingerprint density at radius 2 is 2.43 bits per heavy atom. The van der Waals surface area contributed by atoms with Crippen molar-refractivity contribution in [2.24, 2.45) is 5.73 Å². The van der Waals surface area contributed by atoms with Gasteiger partial charge in [-0.2, -0.15) is 0 Å². The molecule has 1 aromatic rings. The normalized spacial score (nSPS) is 18.2. The van der Waals surface area contributed by atoms with E-state index < -0.39 is 0 Å². The minimum atomic E-state index is 0.544. The summed E-state index contributed by atoms with van der Waals surface area (Å²) in [6.45, 7) is 4.87. The Hall–Kier alpha value is -0.650. The summed E-state index contributed by atoms with van der Waals surface area (Å²) < 4.78 is 0. The third-order valence-corrected chi connectivity index (χ3v) is 3.31. The summed E-state index contributed by atoms with van der Waals surface area (Å²) in [6, 6.07) is 0. The quantitative estimate of drug-likeness (QED) is 0.745. The van der Waals surface area contributed by atoms with Crippen LogP contribution in [0.15, 0.2) is 5.38 Å². The molecular weight excluding hydrogens is 196 g/mol. The van der Waals surface area contributed by atoms with Gasteiger partial charge < -0.3 is 16.0 Å². The van der Waals surface area contributed by atoms with E-state index in [1.807, 2.05) is 5.38 Å². The van der Waals surface area contributed by atoms with Crippen molar-refractivity contribution in [1.82, 2.24) is 10.3 Å². The van der Waals surface area contributed by atoms with E-state index in [1.165, 1.54) is 6.42 Å². The number of nitrogens with one attached hydrogen (secondary N) is 1. The molecule has 1 aromatic heterocycles. The molecule has 78 valence electrons. The lowest BCUT2D eigenvalue weighted by atomic mass is 10.4. The predicted octanol–water partition coefficient (Wildman–Crippen LogP) is 0.401. The molecule has 0 spiro atoms. The third-order valence-electron chi connectivity index (χ3n) is 2.36. The number of nitrogens with two attached hydrogens (primary N) is 1. The van der Waals surface area contributed by atoms with Crippen LogP contribution in [0.25, 0.3) is 0 Å². The zero-order chi connectivity index (χ0) is 9.80. The number of hydrogen-bond donors (Lipinski definition) is 2. The van der Waals surface area contributed by atoms with Gasteiger partial charge in [0.25, 0.3) is 0 Å². The second kappa shape index (κ2) is 4.72. The van der Waals surface area contributed by atoms with Gasteiger partial charge in [-0.25, -0.2) is 4.98 Å². The summed E-state index contributed by atoms with van der Waals surface area (Å²) in [5.74, 6) is 0. The van der Waals surface area contributed by atoms with Crippen molar-refractivity contribution < 1.29 is 0 Å².